The Labute approximate surface area is 201 Å². The molecule has 0 spiro atoms. The van der Waals surface area contributed by atoms with Gasteiger partial charge in [-0.25, -0.2) is 10.4 Å². The van der Waals surface area contributed by atoms with E-state index in [9.17, 15) is 10.5 Å². The fourth-order valence-corrected chi connectivity index (χ4v) is 4.98. The lowest BCUT2D eigenvalue weighted by atomic mass is 10.0. The van der Waals surface area contributed by atoms with E-state index in [0.717, 1.165) is 51.1 Å². The SMILES string of the molecule is CC(C)Oc1ccc(-c2nc(-c3cccc4c3CCC4NN(O)SCCO)ns2)cc1C#N. The van der Waals surface area contributed by atoms with Crippen molar-refractivity contribution < 1.29 is 15.1 Å². The predicted octanol–water partition coefficient (Wildman–Crippen LogP) is 4.35. The number of fused-ring (bicyclic) bond motifs is 1. The number of hydrogen-bond acceptors (Lipinski definition) is 10. The van der Waals surface area contributed by atoms with Crippen LogP contribution >= 0.6 is 23.5 Å². The number of benzene rings is 2. The van der Waals surface area contributed by atoms with Crippen LogP contribution < -0.4 is 10.2 Å². The minimum Gasteiger partial charge on any atom is -0.490 e. The second-order valence-corrected chi connectivity index (χ2v) is 9.60. The average Bonchev–Trinajstić information content (AvgIpc) is 3.45. The number of hydrogen-bond donors (Lipinski definition) is 3. The molecule has 0 aliphatic heterocycles. The van der Waals surface area contributed by atoms with E-state index in [1.807, 2.05) is 38.1 Å². The van der Waals surface area contributed by atoms with Gasteiger partial charge in [0.15, 0.2) is 5.82 Å². The average molecular weight is 484 g/mol. The molecule has 1 unspecified atom stereocenters. The standard InChI is InChI=1S/C23H25N5O3S2/c1-14(2)31-21-9-6-15(12-16(21)13-24)23-25-22(27-33-23)19-5-3-4-18-17(19)7-8-20(18)26-28(30)32-11-10-29/h3-6,9,12,14,20,26,29-30H,7-8,10-11H2,1-2H3. The zero-order valence-electron chi connectivity index (χ0n) is 18.4. The van der Waals surface area contributed by atoms with Crippen molar-refractivity contribution in [2.45, 2.75) is 38.8 Å². The number of rotatable bonds is 9. The van der Waals surface area contributed by atoms with Gasteiger partial charge in [-0.15, -0.1) is 0 Å². The van der Waals surface area contributed by atoms with Gasteiger partial charge in [-0.2, -0.15) is 9.64 Å². The Hall–Kier alpha value is -2.52. The van der Waals surface area contributed by atoms with E-state index in [4.69, 9.17) is 14.8 Å². The summed E-state index contributed by atoms with van der Waals surface area (Å²) in [7, 11) is 0. The zero-order chi connectivity index (χ0) is 23.4. The highest BCUT2D eigenvalue weighted by molar-refractivity contribution is 7.96. The lowest BCUT2D eigenvalue weighted by molar-refractivity contribution is -0.0447. The smallest absolute Gasteiger partial charge is 0.173 e. The monoisotopic (exact) mass is 483 g/mol. The Balaban J connectivity index is 1.57. The minimum absolute atomic E-state index is 0.00399. The first-order valence-electron chi connectivity index (χ1n) is 10.7. The quantitative estimate of drug-likeness (QED) is 0.302. The molecule has 8 nitrogen and oxygen atoms in total. The Kier molecular flexibility index (Phi) is 7.60. The summed E-state index contributed by atoms with van der Waals surface area (Å²) in [5, 5.41) is 29.2. The fourth-order valence-electron chi connectivity index (χ4n) is 3.85. The lowest BCUT2D eigenvalue weighted by Gasteiger charge is -2.20. The third kappa shape index (κ3) is 5.35. The molecule has 2 aromatic carbocycles. The van der Waals surface area contributed by atoms with Crippen LogP contribution in [0.5, 0.6) is 5.75 Å². The molecular weight excluding hydrogens is 458 g/mol. The first-order valence-corrected chi connectivity index (χ1v) is 12.4. The topological polar surface area (TPSA) is 115 Å². The van der Waals surface area contributed by atoms with Gasteiger partial charge in [0.05, 0.1) is 24.3 Å². The number of aromatic nitrogens is 2. The number of nitrogens with one attached hydrogen (secondary N) is 1. The van der Waals surface area contributed by atoms with Gasteiger partial charge in [0.2, 0.25) is 0 Å². The van der Waals surface area contributed by atoms with Crippen molar-refractivity contribution >= 4 is 23.5 Å². The molecule has 0 saturated heterocycles. The van der Waals surface area contributed by atoms with Crippen molar-refractivity contribution in [3.63, 3.8) is 0 Å². The Morgan fingerprint density at radius 1 is 1.36 bits per heavy atom. The van der Waals surface area contributed by atoms with E-state index in [0.29, 0.717) is 22.9 Å². The highest BCUT2D eigenvalue weighted by Gasteiger charge is 2.27. The van der Waals surface area contributed by atoms with Crippen LogP contribution in [-0.2, 0) is 6.42 Å². The van der Waals surface area contributed by atoms with Crippen LogP contribution in [0.25, 0.3) is 22.0 Å². The second-order valence-electron chi connectivity index (χ2n) is 7.84. The lowest BCUT2D eigenvalue weighted by Crippen LogP contribution is -2.32. The maximum Gasteiger partial charge on any atom is 0.173 e. The van der Waals surface area contributed by atoms with Gasteiger partial charge >= 0.3 is 0 Å². The van der Waals surface area contributed by atoms with Crippen LogP contribution in [0.2, 0.25) is 0 Å². The summed E-state index contributed by atoms with van der Waals surface area (Å²) in [6.07, 6.45) is 1.67. The van der Waals surface area contributed by atoms with Gasteiger partial charge in [-0.05, 0) is 79.5 Å². The molecule has 33 heavy (non-hydrogen) atoms. The van der Waals surface area contributed by atoms with Crippen LogP contribution in [0.15, 0.2) is 36.4 Å². The third-order valence-electron chi connectivity index (χ3n) is 5.22. The largest absolute Gasteiger partial charge is 0.490 e. The Bertz CT molecular complexity index is 1160. The fraction of sp³-hybridized carbons (Fsp3) is 0.348. The van der Waals surface area contributed by atoms with E-state index in [2.05, 4.69) is 15.9 Å². The third-order valence-corrected chi connectivity index (χ3v) is 6.70. The normalized spacial score (nSPS) is 15.1. The van der Waals surface area contributed by atoms with E-state index < -0.39 is 0 Å². The molecule has 0 saturated carbocycles. The molecule has 0 bridgehead atoms. The molecule has 10 heteroatoms. The van der Waals surface area contributed by atoms with E-state index in [1.165, 1.54) is 17.1 Å². The van der Waals surface area contributed by atoms with Gasteiger partial charge in [-0.3, -0.25) is 5.21 Å². The van der Waals surface area contributed by atoms with Crippen LogP contribution in [0.1, 0.15) is 43.0 Å². The first kappa shape index (κ1) is 23.6. The summed E-state index contributed by atoms with van der Waals surface area (Å²) < 4.78 is 11.3. The van der Waals surface area contributed by atoms with E-state index >= 15 is 0 Å². The molecule has 172 valence electrons. The molecule has 1 aliphatic rings. The summed E-state index contributed by atoms with van der Waals surface area (Å²) in [4.78, 5) is 4.77. The predicted molar refractivity (Wildman–Crippen MR) is 129 cm³/mol. The molecule has 4 rings (SSSR count). The van der Waals surface area contributed by atoms with Crippen LogP contribution in [0.4, 0.5) is 0 Å². The maximum atomic E-state index is 10.0. The maximum absolute atomic E-state index is 10.0. The molecule has 1 heterocycles. The molecular formula is C23H25N5O3S2. The Morgan fingerprint density at radius 3 is 2.97 bits per heavy atom. The van der Waals surface area contributed by atoms with E-state index in [1.54, 1.807) is 12.1 Å². The molecule has 0 amide bonds. The summed E-state index contributed by atoms with van der Waals surface area (Å²) in [6.45, 7) is 3.85. The zero-order valence-corrected chi connectivity index (χ0v) is 20.0. The van der Waals surface area contributed by atoms with Gasteiger partial charge in [0, 0.05) is 16.9 Å². The van der Waals surface area contributed by atoms with Crippen LogP contribution in [0.3, 0.4) is 0 Å². The number of aliphatic hydroxyl groups excluding tert-OH is 1. The molecule has 3 N–H and O–H groups in total. The highest BCUT2D eigenvalue weighted by Crippen LogP contribution is 2.38. The van der Waals surface area contributed by atoms with Crippen molar-refractivity contribution in [2.24, 2.45) is 0 Å². The van der Waals surface area contributed by atoms with Gasteiger partial charge in [0.1, 0.15) is 16.8 Å². The summed E-state index contributed by atoms with van der Waals surface area (Å²) >= 11 is 2.42. The summed E-state index contributed by atoms with van der Waals surface area (Å²) in [5.41, 5.74) is 7.62. The molecule has 3 aromatic rings. The molecule has 1 aliphatic carbocycles. The van der Waals surface area contributed by atoms with Gasteiger partial charge in [0.25, 0.3) is 0 Å². The molecule has 1 aromatic heterocycles. The molecule has 1 atom stereocenters. The number of aliphatic hydroxyl groups is 1. The van der Waals surface area contributed by atoms with Crippen molar-refractivity contribution in [3.05, 3.63) is 53.1 Å². The highest BCUT2D eigenvalue weighted by atomic mass is 32.2. The minimum atomic E-state index is -0.0269. The number of nitriles is 1. The van der Waals surface area contributed by atoms with Crippen molar-refractivity contribution in [3.8, 4) is 33.8 Å². The van der Waals surface area contributed by atoms with Crippen molar-refractivity contribution in [1.29, 1.82) is 5.26 Å². The van der Waals surface area contributed by atoms with Gasteiger partial charge < -0.3 is 9.84 Å². The van der Waals surface area contributed by atoms with Crippen LogP contribution in [0, 0.1) is 11.3 Å². The number of nitrogens with zero attached hydrogens (tertiary/aromatic N) is 4. The van der Waals surface area contributed by atoms with Crippen molar-refractivity contribution in [1.82, 2.24) is 19.4 Å². The summed E-state index contributed by atoms with van der Waals surface area (Å²) in [5.74, 6) is 1.63. The number of hydrazine groups is 1. The van der Waals surface area contributed by atoms with Gasteiger partial charge in [-0.1, -0.05) is 22.8 Å². The Morgan fingerprint density at radius 2 is 2.21 bits per heavy atom. The second kappa shape index (κ2) is 10.6. The van der Waals surface area contributed by atoms with E-state index in [-0.39, 0.29) is 18.8 Å². The van der Waals surface area contributed by atoms with Crippen LogP contribution in [-0.4, -0.2) is 42.7 Å². The molecule has 0 radical (unpaired) electrons. The molecule has 0 fully saturated rings. The number of ether oxygens (including phenoxy) is 1. The van der Waals surface area contributed by atoms with Crippen molar-refractivity contribution in [2.75, 3.05) is 12.4 Å². The summed E-state index contributed by atoms with van der Waals surface area (Å²) in [6, 6.07) is 13.7. The first-order chi connectivity index (χ1) is 16.0.